The highest BCUT2D eigenvalue weighted by Gasteiger charge is 2.12. The molecule has 0 spiro atoms. The molecule has 1 aromatic carbocycles. The maximum atomic E-state index is 12.2. The second-order valence-corrected chi connectivity index (χ2v) is 6.61. The molecule has 5 nitrogen and oxygen atoms in total. The molecule has 0 aliphatic heterocycles. The van der Waals surface area contributed by atoms with E-state index in [1.54, 1.807) is 30.4 Å². The molecule has 0 fully saturated rings. The molecule has 0 radical (unpaired) electrons. The topological polar surface area (TPSA) is 50.8 Å². The van der Waals surface area contributed by atoms with Crippen LogP contribution in [0, 0.1) is 0 Å². The van der Waals surface area contributed by atoms with E-state index >= 15 is 0 Å². The highest BCUT2D eigenvalue weighted by molar-refractivity contribution is 7.09. The van der Waals surface area contributed by atoms with Crippen LogP contribution >= 0.6 is 11.3 Å². The molecule has 1 N–H and O–H groups in total. The summed E-state index contributed by atoms with van der Waals surface area (Å²) < 4.78 is 10.7. The molecule has 1 atom stereocenters. The van der Waals surface area contributed by atoms with Crippen molar-refractivity contribution in [2.75, 3.05) is 27.3 Å². The predicted molar refractivity (Wildman–Crippen MR) is 97.1 cm³/mol. The molecule has 2 amide bonds. The van der Waals surface area contributed by atoms with Gasteiger partial charge in [-0.05, 0) is 42.6 Å². The molecule has 1 aromatic heterocycles. The summed E-state index contributed by atoms with van der Waals surface area (Å²) in [5, 5.41) is 5.05. The Labute approximate surface area is 147 Å². The molecular weight excluding hydrogens is 324 g/mol. The summed E-state index contributed by atoms with van der Waals surface area (Å²) in [7, 11) is 3.40. The smallest absolute Gasteiger partial charge is 0.317 e. The van der Waals surface area contributed by atoms with E-state index in [4.69, 9.17) is 9.47 Å². The summed E-state index contributed by atoms with van der Waals surface area (Å²) >= 11 is 1.71. The van der Waals surface area contributed by atoms with Crippen LogP contribution < -0.4 is 14.8 Å². The number of nitrogens with one attached hydrogen (secondary N) is 1. The maximum Gasteiger partial charge on any atom is 0.317 e. The zero-order chi connectivity index (χ0) is 17.4. The molecule has 0 aliphatic carbocycles. The molecule has 2 aromatic rings. The zero-order valence-corrected chi connectivity index (χ0v) is 15.1. The molecule has 6 heteroatoms. The van der Waals surface area contributed by atoms with Gasteiger partial charge in [-0.3, -0.25) is 0 Å². The number of hydrogen-bond donors (Lipinski definition) is 1. The van der Waals surface area contributed by atoms with Crippen molar-refractivity contribution in [3.63, 3.8) is 0 Å². The van der Waals surface area contributed by atoms with Gasteiger partial charge in [-0.25, -0.2) is 4.79 Å². The highest BCUT2D eigenvalue weighted by atomic mass is 32.1. The van der Waals surface area contributed by atoms with E-state index in [1.165, 1.54) is 4.88 Å². The molecular formula is C18H24N2O3S. The Balaban J connectivity index is 1.68. The van der Waals surface area contributed by atoms with Gasteiger partial charge in [-0.1, -0.05) is 6.07 Å². The van der Waals surface area contributed by atoms with E-state index < -0.39 is 0 Å². The third kappa shape index (κ3) is 5.77. The predicted octanol–water partition coefficient (Wildman–Crippen LogP) is 3.41. The Morgan fingerprint density at radius 2 is 1.96 bits per heavy atom. The molecule has 24 heavy (non-hydrogen) atoms. The molecule has 130 valence electrons. The van der Waals surface area contributed by atoms with Crippen LogP contribution in [0.1, 0.15) is 11.8 Å². The second-order valence-electron chi connectivity index (χ2n) is 5.58. The molecule has 0 saturated carbocycles. The molecule has 2 rings (SSSR count). The van der Waals surface area contributed by atoms with Crippen LogP contribution in [0.5, 0.6) is 11.5 Å². The highest BCUT2D eigenvalue weighted by Crippen LogP contribution is 2.16. The van der Waals surface area contributed by atoms with Gasteiger partial charge in [-0.2, -0.15) is 0 Å². The van der Waals surface area contributed by atoms with E-state index in [1.807, 2.05) is 42.6 Å². The van der Waals surface area contributed by atoms with Crippen LogP contribution in [0.15, 0.2) is 41.8 Å². The molecule has 0 saturated heterocycles. The van der Waals surface area contributed by atoms with Gasteiger partial charge in [-0.15, -0.1) is 11.3 Å². The summed E-state index contributed by atoms with van der Waals surface area (Å²) in [6, 6.07) is 11.5. The average Bonchev–Trinajstić information content (AvgIpc) is 3.08. The van der Waals surface area contributed by atoms with Crippen molar-refractivity contribution in [2.45, 2.75) is 19.4 Å². The van der Waals surface area contributed by atoms with Crippen molar-refractivity contribution >= 4 is 17.4 Å². The lowest BCUT2D eigenvalue weighted by atomic mass is 10.2. The third-order valence-corrected chi connectivity index (χ3v) is 4.46. The fourth-order valence-corrected chi connectivity index (χ4v) is 3.01. The quantitative estimate of drug-likeness (QED) is 0.795. The number of rotatable bonds is 8. The number of ether oxygens (including phenoxy) is 2. The van der Waals surface area contributed by atoms with Gasteiger partial charge < -0.3 is 19.7 Å². The number of hydrogen-bond acceptors (Lipinski definition) is 4. The average molecular weight is 348 g/mol. The number of likely N-dealkylation sites (N-methyl/N-ethyl adjacent to an activating group) is 1. The number of nitrogens with zero attached hydrogens (tertiary/aromatic N) is 1. The summed E-state index contributed by atoms with van der Waals surface area (Å²) in [5.74, 6) is 1.55. The lowest BCUT2D eigenvalue weighted by Gasteiger charge is -2.21. The summed E-state index contributed by atoms with van der Waals surface area (Å²) in [6.07, 6.45) is 0.847. The van der Waals surface area contributed by atoms with Gasteiger partial charge in [0.1, 0.15) is 18.1 Å². The first kappa shape index (κ1) is 18.1. The SMILES string of the molecule is COc1ccc(OCCN(C)C(=O)NC(C)Cc2cccs2)cc1. The van der Waals surface area contributed by atoms with Crippen LogP contribution in [0.25, 0.3) is 0 Å². The van der Waals surface area contributed by atoms with Crippen LogP contribution in [0.4, 0.5) is 4.79 Å². The van der Waals surface area contributed by atoms with Gasteiger partial charge in [0.25, 0.3) is 0 Å². The monoisotopic (exact) mass is 348 g/mol. The van der Waals surface area contributed by atoms with E-state index in [9.17, 15) is 4.79 Å². The van der Waals surface area contributed by atoms with Crippen molar-refractivity contribution in [3.8, 4) is 11.5 Å². The zero-order valence-electron chi connectivity index (χ0n) is 14.3. The minimum Gasteiger partial charge on any atom is -0.497 e. The number of carbonyl (C=O) groups is 1. The summed E-state index contributed by atoms with van der Waals surface area (Å²) in [6.45, 7) is 2.97. The maximum absolute atomic E-state index is 12.2. The van der Waals surface area contributed by atoms with E-state index in [2.05, 4.69) is 11.4 Å². The first-order chi connectivity index (χ1) is 11.6. The Morgan fingerprint density at radius 3 is 2.58 bits per heavy atom. The van der Waals surface area contributed by atoms with Crippen molar-refractivity contribution in [2.24, 2.45) is 0 Å². The summed E-state index contributed by atoms with van der Waals surface area (Å²) in [5.41, 5.74) is 0. The fraction of sp³-hybridized carbons (Fsp3) is 0.389. The largest absolute Gasteiger partial charge is 0.497 e. The fourth-order valence-electron chi connectivity index (χ4n) is 2.18. The van der Waals surface area contributed by atoms with Crippen LogP contribution in [0.2, 0.25) is 0 Å². The lowest BCUT2D eigenvalue weighted by molar-refractivity contribution is 0.192. The number of carbonyl (C=O) groups excluding carboxylic acids is 1. The lowest BCUT2D eigenvalue weighted by Crippen LogP contribution is -2.44. The first-order valence-electron chi connectivity index (χ1n) is 7.89. The molecule has 0 aliphatic rings. The molecule has 0 bridgehead atoms. The number of benzene rings is 1. The third-order valence-electron chi connectivity index (χ3n) is 3.56. The van der Waals surface area contributed by atoms with Crippen LogP contribution in [-0.4, -0.2) is 44.3 Å². The van der Waals surface area contributed by atoms with Crippen molar-refractivity contribution in [1.82, 2.24) is 10.2 Å². The minimum absolute atomic E-state index is 0.0858. The second kappa shape index (κ2) is 9.17. The number of thiophene rings is 1. The molecule has 1 unspecified atom stereocenters. The van der Waals surface area contributed by atoms with E-state index in [0.717, 1.165) is 17.9 Å². The Bertz CT molecular complexity index is 614. The Morgan fingerprint density at radius 1 is 1.25 bits per heavy atom. The molecule has 1 heterocycles. The van der Waals surface area contributed by atoms with Gasteiger partial charge in [0.2, 0.25) is 0 Å². The Hall–Kier alpha value is -2.21. The van der Waals surface area contributed by atoms with E-state index in [0.29, 0.717) is 13.2 Å². The number of urea groups is 1. The standard InChI is InChI=1S/C18H24N2O3S/c1-14(13-17-5-4-12-24-17)19-18(21)20(2)10-11-23-16-8-6-15(22-3)7-9-16/h4-9,12,14H,10-11,13H2,1-3H3,(H,19,21). The number of amides is 2. The normalized spacial score (nSPS) is 11.6. The van der Waals surface area contributed by atoms with Gasteiger partial charge in [0.15, 0.2) is 0 Å². The van der Waals surface area contributed by atoms with Crippen LogP contribution in [0.3, 0.4) is 0 Å². The van der Waals surface area contributed by atoms with E-state index in [-0.39, 0.29) is 12.1 Å². The van der Waals surface area contributed by atoms with Crippen molar-refractivity contribution < 1.29 is 14.3 Å². The van der Waals surface area contributed by atoms with Crippen LogP contribution in [-0.2, 0) is 6.42 Å². The number of methoxy groups -OCH3 is 1. The van der Waals surface area contributed by atoms with Gasteiger partial charge in [0, 0.05) is 24.4 Å². The van der Waals surface area contributed by atoms with Gasteiger partial charge in [0.05, 0.1) is 13.7 Å². The first-order valence-corrected chi connectivity index (χ1v) is 8.77. The minimum atomic E-state index is -0.0858. The van der Waals surface area contributed by atoms with Gasteiger partial charge >= 0.3 is 6.03 Å². The van der Waals surface area contributed by atoms with Crippen molar-refractivity contribution in [1.29, 1.82) is 0 Å². The Kier molecular flexibility index (Phi) is 6.93. The summed E-state index contributed by atoms with van der Waals surface area (Å²) in [4.78, 5) is 15.1. The van der Waals surface area contributed by atoms with Crippen molar-refractivity contribution in [3.05, 3.63) is 46.7 Å².